The van der Waals surface area contributed by atoms with Crippen LogP contribution >= 0.6 is 0 Å². The zero-order chi connectivity index (χ0) is 4.83. The smallest absolute Gasteiger partial charge is 0.119 e. The Balaban J connectivity index is 0. The van der Waals surface area contributed by atoms with Crippen molar-refractivity contribution in [3.8, 4) is 0 Å². The molecule has 0 atom stereocenters. The number of carbonyl (C=O) groups excluding carboxylic acids is 1. The van der Waals surface area contributed by atoms with E-state index in [4.69, 9.17) is 0 Å². The molecule has 0 aliphatic heterocycles. The van der Waals surface area contributed by atoms with E-state index in [0.29, 0.717) is 0 Å². The van der Waals surface area contributed by atoms with Crippen LogP contribution in [-0.2, 0) is 25.9 Å². The predicted molar refractivity (Wildman–Crippen MR) is 25.6 cm³/mol. The van der Waals surface area contributed by atoms with E-state index in [1.807, 2.05) is 0 Å². The molecule has 0 fully saturated rings. The summed E-state index contributed by atoms with van der Waals surface area (Å²) in [5, 5.41) is 0. The summed E-state index contributed by atoms with van der Waals surface area (Å²) in [4.78, 5) is 9.56. The molecule has 0 bridgehead atoms. The maximum Gasteiger partial charge on any atom is 0.119 e. The largest absolute Gasteiger partial charge is 0.303 e. The summed E-state index contributed by atoms with van der Waals surface area (Å²) in [7, 11) is 0. The first kappa shape index (κ1) is 10.4. The SMILES string of the molecule is CCCCC=O.[Mo]. The standard InChI is InChI=1S/C5H10O.Mo/c1-2-3-4-5-6;/h5H,2-4H2,1H3;. The minimum atomic E-state index is 0. The third kappa shape index (κ3) is 10.7. The van der Waals surface area contributed by atoms with Gasteiger partial charge in [-0.05, 0) is 6.42 Å². The molecular formula is C5H10MoO. The van der Waals surface area contributed by atoms with Crippen LogP contribution in [0, 0.1) is 0 Å². The average Bonchev–Trinajstić information content (AvgIpc) is 1.61. The molecule has 0 aromatic heterocycles. The molecule has 0 unspecified atom stereocenters. The van der Waals surface area contributed by atoms with E-state index >= 15 is 0 Å². The van der Waals surface area contributed by atoms with Crippen LogP contribution in [0.2, 0.25) is 0 Å². The average molecular weight is 182 g/mol. The third-order valence-corrected chi connectivity index (χ3v) is 0.676. The first-order valence-electron chi connectivity index (χ1n) is 2.35. The fraction of sp³-hybridized carbons (Fsp3) is 0.800. The third-order valence-electron chi connectivity index (χ3n) is 0.676. The van der Waals surface area contributed by atoms with Gasteiger partial charge in [0.15, 0.2) is 0 Å². The predicted octanol–water partition coefficient (Wildman–Crippen LogP) is 1.37. The molecule has 0 rings (SSSR count). The van der Waals surface area contributed by atoms with E-state index in [0.717, 1.165) is 25.5 Å². The van der Waals surface area contributed by atoms with E-state index in [1.165, 1.54) is 0 Å². The van der Waals surface area contributed by atoms with Crippen molar-refractivity contribution in [2.75, 3.05) is 0 Å². The second kappa shape index (κ2) is 9.61. The first-order chi connectivity index (χ1) is 2.91. The van der Waals surface area contributed by atoms with Crippen LogP contribution in [0.15, 0.2) is 0 Å². The summed E-state index contributed by atoms with van der Waals surface area (Å²) >= 11 is 0. The molecule has 2 heteroatoms. The molecular weight excluding hydrogens is 172 g/mol. The van der Waals surface area contributed by atoms with Gasteiger partial charge >= 0.3 is 0 Å². The van der Waals surface area contributed by atoms with E-state index in [-0.39, 0.29) is 21.1 Å². The normalized spacial score (nSPS) is 7.00. The second-order valence-corrected chi connectivity index (χ2v) is 1.31. The Hall–Kier alpha value is 0.358. The molecule has 42 valence electrons. The Bertz CT molecular complexity index is 37.1. The van der Waals surface area contributed by atoms with Crippen LogP contribution in [0.25, 0.3) is 0 Å². The number of hydrogen-bond donors (Lipinski definition) is 0. The zero-order valence-corrected chi connectivity index (χ0v) is 6.52. The topological polar surface area (TPSA) is 17.1 Å². The van der Waals surface area contributed by atoms with E-state index in [1.54, 1.807) is 0 Å². The van der Waals surface area contributed by atoms with Gasteiger partial charge in [-0.25, -0.2) is 0 Å². The van der Waals surface area contributed by atoms with Crippen LogP contribution in [0.4, 0.5) is 0 Å². The van der Waals surface area contributed by atoms with Crippen LogP contribution < -0.4 is 0 Å². The summed E-state index contributed by atoms with van der Waals surface area (Å²) in [6.45, 7) is 2.07. The van der Waals surface area contributed by atoms with Gasteiger partial charge in [-0.3, -0.25) is 0 Å². The van der Waals surface area contributed by atoms with Gasteiger partial charge in [-0.1, -0.05) is 13.3 Å². The van der Waals surface area contributed by atoms with Crippen molar-refractivity contribution < 1.29 is 25.9 Å². The quantitative estimate of drug-likeness (QED) is 0.366. The monoisotopic (exact) mass is 184 g/mol. The van der Waals surface area contributed by atoms with Crippen molar-refractivity contribution in [2.45, 2.75) is 26.2 Å². The van der Waals surface area contributed by atoms with Crippen LogP contribution in [0.1, 0.15) is 26.2 Å². The number of aldehydes is 1. The molecule has 0 saturated heterocycles. The Morgan fingerprint density at radius 3 is 2.29 bits per heavy atom. The number of rotatable bonds is 3. The van der Waals surface area contributed by atoms with Gasteiger partial charge in [0.1, 0.15) is 6.29 Å². The van der Waals surface area contributed by atoms with E-state index in [9.17, 15) is 4.79 Å². The Kier molecular flexibility index (Phi) is 14.2. The molecule has 0 aliphatic carbocycles. The van der Waals surface area contributed by atoms with E-state index < -0.39 is 0 Å². The van der Waals surface area contributed by atoms with Crippen molar-refractivity contribution in [3.05, 3.63) is 0 Å². The molecule has 0 aliphatic rings. The minimum Gasteiger partial charge on any atom is -0.303 e. The van der Waals surface area contributed by atoms with Gasteiger partial charge in [0.25, 0.3) is 0 Å². The molecule has 0 heterocycles. The molecule has 0 radical (unpaired) electrons. The number of carbonyl (C=O) groups is 1. The van der Waals surface area contributed by atoms with Crippen molar-refractivity contribution in [1.29, 1.82) is 0 Å². The second-order valence-electron chi connectivity index (χ2n) is 1.31. The van der Waals surface area contributed by atoms with Gasteiger partial charge in [-0.15, -0.1) is 0 Å². The van der Waals surface area contributed by atoms with Gasteiger partial charge in [0.2, 0.25) is 0 Å². The molecule has 0 aromatic rings. The van der Waals surface area contributed by atoms with Gasteiger partial charge in [-0.2, -0.15) is 0 Å². The van der Waals surface area contributed by atoms with Crippen LogP contribution in [-0.4, -0.2) is 6.29 Å². The van der Waals surface area contributed by atoms with Crippen molar-refractivity contribution in [3.63, 3.8) is 0 Å². The van der Waals surface area contributed by atoms with E-state index in [2.05, 4.69) is 6.92 Å². The zero-order valence-electron chi connectivity index (χ0n) is 4.52. The molecule has 1 nitrogen and oxygen atoms in total. The van der Waals surface area contributed by atoms with Crippen molar-refractivity contribution in [2.24, 2.45) is 0 Å². The molecule has 0 spiro atoms. The summed E-state index contributed by atoms with van der Waals surface area (Å²) < 4.78 is 0. The minimum absolute atomic E-state index is 0. The number of unbranched alkanes of at least 4 members (excludes halogenated alkanes) is 2. The van der Waals surface area contributed by atoms with Gasteiger partial charge in [0, 0.05) is 27.5 Å². The maximum absolute atomic E-state index is 9.56. The van der Waals surface area contributed by atoms with Crippen molar-refractivity contribution >= 4 is 6.29 Å². The molecule has 0 N–H and O–H groups in total. The summed E-state index contributed by atoms with van der Waals surface area (Å²) in [6.07, 6.45) is 3.86. The van der Waals surface area contributed by atoms with Gasteiger partial charge in [0.05, 0.1) is 0 Å². The maximum atomic E-state index is 9.56. The van der Waals surface area contributed by atoms with Crippen LogP contribution in [0.5, 0.6) is 0 Å². The Morgan fingerprint density at radius 1 is 1.57 bits per heavy atom. The summed E-state index contributed by atoms with van der Waals surface area (Å²) in [5.41, 5.74) is 0. The van der Waals surface area contributed by atoms with Crippen molar-refractivity contribution in [1.82, 2.24) is 0 Å². The molecule has 7 heavy (non-hydrogen) atoms. The van der Waals surface area contributed by atoms with Gasteiger partial charge < -0.3 is 4.79 Å². The summed E-state index contributed by atoms with van der Waals surface area (Å²) in [6, 6.07) is 0. The fourth-order valence-electron chi connectivity index (χ4n) is 0.287. The fourth-order valence-corrected chi connectivity index (χ4v) is 0.287. The molecule has 0 aromatic carbocycles. The molecule has 0 amide bonds. The molecule has 0 saturated carbocycles. The van der Waals surface area contributed by atoms with Crippen LogP contribution in [0.3, 0.4) is 0 Å². The summed E-state index contributed by atoms with van der Waals surface area (Å²) in [5.74, 6) is 0. The Labute approximate surface area is 58.7 Å². The Morgan fingerprint density at radius 2 is 2.14 bits per heavy atom. The first-order valence-corrected chi connectivity index (χ1v) is 2.35. The number of hydrogen-bond acceptors (Lipinski definition) is 1.